The van der Waals surface area contributed by atoms with Crippen molar-refractivity contribution >= 4 is 22.4 Å². The first-order valence-electron chi connectivity index (χ1n) is 10.4. The maximum Gasteiger partial charge on any atom is 0.221 e. The van der Waals surface area contributed by atoms with Gasteiger partial charge in [0.25, 0.3) is 0 Å². The molecule has 0 amide bonds. The number of nitrogens with zero attached hydrogens (tertiary/aromatic N) is 1. The molecule has 156 valence electrons. The Morgan fingerprint density at radius 2 is 1.80 bits per heavy atom. The maximum atomic E-state index is 6.57. The molecular weight excluding hydrogens is 402 g/mol. The summed E-state index contributed by atoms with van der Waals surface area (Å²) in [6, 6.07) is 15.8. The molecular formula is C24H24ClNO4. The summed E-state index contributed by atoms with van der Waals surface area (Å²) in [5.74, 6) is 0.877. The van der Waals surface area contributed by atoms with Gasteiger partial charge in [0.2, 0.25) is 5.88 Å². The highest BCUT2D eigenvalue weighted by Gasteiger charge is 2.41. The number of halogens is 1. The van der Waals surface area contributed by atoms with Crippen molar-refractivity contribution < 1.29 is 18.9 Å². The molecule has 1 aromatic heterocycles. The zero-order chi connectivity index (χ0) is 20.4. The van der Waals surface area contributed by atoms with Crippen LogP contribution in [0.1, 0.15) is 31.2 Å². The van der Waals surface area contributed by atoms with Gasteiger partial charge in [-0.25, -0.2) is 4.98 Å². The van der Waals surface area contributed by atoms with Gasteiger partial charge < -0.3 is 18.9 Å². The number of aromatic nitrogens is 1. The van der Waals surface area contributed by atoms with Crippen LogP contribution in [0.5, 0.6) is 11.6 Å². The van der Waals surface area contributed by atoms with Crippen LogP contribution in [-0.2, 0) is 16.1 Å². The molecule has 2 heterocycles. The Labute approximate surface area is 180 Å². The van der Waals surface area contributed by atoms with Crippen LogP contribution in [0.15, 0.2) is 54.7 Å². The lowest BCUT2D eigenvalue weighted by Gasteiger charge is -2.35. The van der Waals surface area contributed by atoms with Gasteiger partial charge in [0.15, 0.2) is 5.79 Å². The van der Waals surface area contributed by atoms with Crippen molar-refractivity contribution in [1.29, 1.82) is 0 Å². The van der Waals surface area contributed by atoms with E-state index < -0.39 is 0 Å². The highest BCUT2D eigenvalue weighted by Crippen LogP contribution is 2.39. The number of fused-ring (bicyclic) bond motifs is 1. The summed E-state index contributed by atoms with van der Waals surface area (Å²) < 4.78 is 23.8. The normalized spacial score (nSPS) is 18.7. The SMILES string of the molecule is Clc1cc2c(OCc3ccccc3)nccc2cc1OC1CCC2(CC1)OCCO2. The minimum atomic E-state index is -0.385. The smallest absolute Gasteiger partial charge is 0.221 e. The van der Waals surface area contributed by atoms with Crippen LogP contribution in [0.25, 0.3) is 10.8 Å². The molecule has 1 saturated carbocycles. The van der Waals surface area contributed by atoms with E-state index in [1.54, 1.807) is 6.20 Å². The van der Waals surface area contributed by atoms with Crippen LogP contribution >= 0.6 is 11.6 Å². The molecule has 5 nitrogen and oxygen atoms in total. The third-order valence-corrected chi connectivity index (χ3v) is 6.10. The van der Waals surface area contributed by atoms with Gasteiger partial charge in [-0.05, 0) is 42.0 Å². The molecule has 0 atom stereocenters. The van der Waals surface area contributed by atoms with Crippen molar-refractivity contribution in [3.63, 3.8) is 0 Å². The zero-order valence-corrected chi connectivity index (χ0v) is 17.4. The van der Waals surface area contributed by atoms with Gasteiger partial charge in [-0.2, -0.15) is 0 Å². The molecule has 2 aliphatic rings. The molecule has 1 saturated heterocycles. The first-order valence-corrected chi connectivity index (χ1v) is 10.8. The summed E-state index contributed by atoms with van der Waals surface area (Å²) in [7, 11) is 0. The molecule has 0 bridgehead atoms. The second kappa shape index (κ2) is 8.42. The monoisotopic (exact) mass is 425 g/mol. The first-order chi connectivity index (χ1) is 14.7. The molecule has 1 aliphatic carbocycles. The maximum absolute atomic E-state index is 6.57. The molecule has 0 N–H and O–H groups in total. The Hall–Kier alpha value is -2.34. The first kappa shape index (κ1) is 19.6. The van der Waals surface area contributed by atoms with Gasteiger partial charge >= 0.3 is 0 Å². The lowest BCUT2D eigenvalue weighted by molar-refractivity contribution is -0.186. The lowest BCUT2D eigenvalue weighted by Crippen LogP contribution is -2.38. The number of pyridine rings is 1. The fraction of sp³-hybridized carbons (Fsp3) is 0.375. The molecule has 30 heavy (non-hydrogen) atoms. The summed E-state index contributed by atoms with van der Waals surface area (Å²) in [6.45, 7) is 1.83. The molecule has 2 fully saturated rings. The van der Waals surface area contributed by atoms with E-state index in [0.29, 0.717) is 36.5 Å². The molecule has 0 unspecified atom stereocenters. The van der Waals surface area contributed by atoms with Crippen molar-refractivity contribution in [1.82, 2.24) is 4.98 Å². The second-order valence-electron chi connectivity index (χ2n) is 7.82. The fourth-order valence-corrected chi connectivity index (χ4v) is 4.40. The fourth-order valence-electron chi connectivity index (χ4n) is 4.19. The predicted octanol–water partition coefficient (Wildman–Crippen LogP) is 5.53. The van der Waals surface area contributed by atoms with E-state index >= 15 is 0 Å². The van der Waals surface area contributed by atoms with E-state index in [4.69, 9.17) is 30.5 Å². The van der Waals surface area contributed by atoms with Gasteiger partial charge in [-0.1, -0.05) is 41.9 Å². The van der Waals surface area contributed by atoms with Crippen molar-refractivity contribution in [2.24, 2.45) is 0 Å². The number of hydrogen-bond donors (Lipinski definition) is 0. The van der Waals surface area contributed by atoms with Gasteiger partial charge in [0, 0.05) is 24.4 Å². The predicted molar refractivity (Wildman–Crippen MR) is 115 cm³/mol. The second-order valence-corrected chi connectivity index (χ2v) is 8.23. The third-order valence-electron chi connectivity index (χ3n) is 5.80. The Bertz CT molecular complexity index is 1010. The van der Waals surface area contributed by atoms with E-state index in [1.807, 2.05) is 48.5 Å². The van der Waals surface area contributed by atoms with Crippen LogP contribution < -0.4 is 9.47 Å². The topological polar surface area (TPSA) is 49.8 Å². The number of ether oxygens (including phenoxy) is 4. The number of rotatable bonds is 5. The van der Waals surface area contributed by atoms with Crippen LogP contribution in [0, 0.1) is 0 Å². The van der Waals surface area contributed by atoms with Crippen LogP contribution in [0.3, 0.4) is 0 Å². The summed E-state index contributed by atoms with van der Waals surface area (Å²) in [5, 5.41) is 2.43. The Kier molecular flexibility index (Phi) is 5.50. The van der Waals surface area contributed by atoms with Crippen molar-refractivity contribution in [2.75, 3.05) is 13.2 Å². The summed E-state index contributed by atoms with van der Waals surface area (Å²) in [6.07, 6.45) is 5.33. The molecule has 6 heteroatoms. The van der Waals surface area contributed by atoms with Crippen LogP contribution in [0.4, 0.5) is 0 Å². The Morgan fingerprint density at radius 1 is 1.03 bits per heavy atom. The van der Waals surface area contributed by atoms with Crippen molar-refractivity contribution in [3.8, 4) is 11.6 Å². The average molecular weight is 426 g/mol. The van der Waals surface area contributed by atoms with E-state index in [9.17, 15) is 0 Å². The highest BCUT2D eigenvalue weighted by atomic mass is 35.5. The van der Waals surface area contributed by atoms with Gasteiger partial charge in [0.05, 0.1) is 24.3 Å². The largest absolute Gasteiger partial charge is 0.489 e. The number of hydrogen-bond acceptors (Lipinski definition) is 5. The summed E-state index contributed by atoms with van der Waals surface area (Å²) in [5.41, 5.74) is 1.09. The Morgan fingerprint density at radius 3 is 2.57 bits per heavy atom. The van der Waals surface area contributed by atoms with Gasteiger partial charge in [0.1, 0.15) is 12.4 Å². The van der Waals surface area contributed by atoms with Crippen molar-refractivity contribution in [2.45, 2.75) is 44.2 Å². The average Bonchev–Trinajstić information content (AvgIpc) is 3.23. The molecule has 0 radical (unpaired) electrons. The standard InChI is InChI=1S/C24H24ClNO4/c25-21-15-20-18(8-11-26-23(20)27-16-17-4-2-1-3-5-17)14-22(21)30-19-6-9-24(10-7-19)28-12-13-29-24/h1-5,8,11,14-15,19H,6-7,9-10,12-13,16H2. The summed E-state index contributed by atoms with van der Waals surface area (Å²) in [4.78, 5) is 4.40. The zero-order valence-electron chi connectivity index (χ0n) is 16.7. The van der Waals surface area contributed by atoms with Crippen LogP contribution in [-0.4, -0.2) is 30.1 Å². The summed E-state index contributed by atoms with van der Waals surface area (Å²) >= 11 is 6.57. The van der Waals surface area contributed by atoms with E-state index in [1.165, 1.54) is 0 Å². The quantitative estimate of drug-likeness (QED) is 0.537. The molecule has 2 aromatic carbocycles. The van der Waals surface area contributed by atoms with Gasteiger partial charge in [-0.3, -0.25) is 0 Å². The molecule has 5 rings (SSSR count). The van der Waals surface area contributed by atoms with E-state index in [-0.39, 0.29) is 11.9 Å². The molecule has 3 aromatic rings. The molecule has 1 aliphatic heterocycles. The lowest BCUT2D eigenvalue weighted by atomic mass is 9.92. The highest BCUT2D eigenvalue weighted by molar-refractivity contribution is 6.33. The van der Waals surface area contributed by atoms with Gasteiger partial charge in [-0.15, -0.1) is 0 Å². The van der Waals surface area contributed by atoms with Crippen molar-refractivity contribution in [3.05, 3.63) is 65.3 Å². The van der Waals surface area contributed by atoms with E-state index in [0.717, 1.165) is 42.0 Å². The minimum absolute atomic E-state index is 0.106. The van der Waals surface area contributed by atoms with Crippen LogP contribution in [0.2, 0.25) is 5.02 Å². The minimum Gasteiger partial charge on any atom is -0.489 e. The third kappa shape index (κ3) is 4.10. The Balaban J connectivity index is 1.30. The molecule has 1 spiro atoms. The van der Waals surface area contributed by atoms with E-state index in [2.05, 4.69) is 4.98 Å². The number of benzene rings is 2.